The number of hydrogen-bond acceptors (Lipinski definition) is 3. The molecule has 1 aromatic carbocycles. The van der Waals surface area contributed by atoms with Crippen molar-refractivity contribution in [2.24, 2.45) is 10.4 Å². The average molecular weight is 383 g/mol. The van der Waals surface area contributed by atoms with Crippen molar-refractivity contribution in [2.45, 2.75) is 45.4 Å². The first kappa shape index (κ1) is 21.4. The number of aliphatic hydroxyl groups excluding tert-OH is 1. The Morgan fingerprint density at radius 1 is 1.22 bits per heavy atom. The van der Waals surface area contributed by atoms with Crippen molar-refractivity contribution in [3.8, 4) is 5.75 Å². The van der Waals surface area contributed by atoms with E-state index in [2.05, 4.69) is 10.6 Å². The summed E-state index contributed by atoms with van der Waals surface area (Å²) in [5.41, 5.74) is 0.0864. The zero-order chi connectivity index (χ0) is 19.5. The first-order valence-electron chi connectivity index (χ1n) is 9.79. The summed E-state index contributed by atoms with van der Waals surface area (Å²) in [6.07, 6.45) is 6.62. The Morgan fingerprint density at radius 3 is 2.67 bits per heavy atom. The summed E-state index contributed by atoms with van der Waals surface area (Å²) in [4.78, 5) is 4.71. The van der Waals surface area contributed by atoms with Gasteiger partial charge in [-0.25, -0.2) is 8.78 Å². The van der Waals surface area contributed by atoms with E-state index in [1.807, 2.05) is 6.92 Å². The maximum Gasteiger partial charge on any atom is 0.191 e. The smallest absolute Gasteiger partial charge is 0.191 e. The minimum absolute atomic E-state index is 0.0317. The number of aliphatic imine (C=N–C) groups is 1. The fraction of sp³-hybridized carbons (Fsp3) is 0.650. The molecular weight excluding hydrogens is 352 g/mol. The normalized spacial score (nSPS) is 16.8. The maximum absolute atomic E-state index is 13.6. The molecule has 1 aliphatic rings. The Hall–Kier alpha value is -1.89. The highest BCUT2D eigenvalue weighted by molar-refractivity contribution is 5.79. The summed E-state index contributed by atoms with van der Waals surface area (Å²) in [5, 5.41) is 15.8. The Kier molecular flexibility index (Phi) is 8.78. The first-order valence-corrected chi connectivity index (χ1v) is 9.79. The Morgan fingerprint density at radius 2 is 2.00 bits per heavy atom. The summed E-state index contributed by atoms with van der Waals surface area (Å²) in [7, 11) is 0. The zero-order valence-electron chi connectivity index (χ0n) is 16.1. The summed E-state index contributed by atoms with van der Waals surface area (Å²) in [6.45, 7) is 4.26. The number of ether oxygens (including phenoxy) is 1. The van der Waals surface area contributed by atoms with Crippen molar-refractivity contribution in [3.63, 3.8) is 0 Å². The minimum Gasteiger partial charge on any atom is -0.489 e. The van der Waals surface area contributed by atoms with Gasteiger partial charge in [0.2, 0.25) is 0 Å². The highest BCUT2D eigenvalue weighted by Gasteiger charge is 2.31. The quantitative estimate of drug-likeness (QED) is 0.348. The zero-order valence-corrected chi connectivity index (χ0v) is 16.1. The van der Waals surface area contributed by atoms with E-state index in [1.165, 1.54) is 31.4 Å². The van der Waals surface area contributed by atoms with Crippen LogP contribution in [0, 0.1) is 17.0 Å². The van der Waals surface area contributed by atoms with E-state index >= 15 is 0 Å². The van der Waals surface area contributed by atoms with Gasteiger partial charge in [-0.2, -0.15) is 0 Å². The van der Waals surface area contributed by atoms with E-state index in [9.17, 15) is 13.9 Å². The van der Waals surface area contributed by atoms with E-state index in [0.29, 0.717) is 19.0 Å². The molecule has 3 N–H and O–H groups in total. The van der Waals surface area contributed by atoms with Crippen LogP contribution in [0.1, 0.15) is 45.4 Å². The van der Waals surface area contributed by atoms with Crippen LogP contribution in [-0.2, 0) is 0 Å². The third-order valence-electron chi connectivity index (χ3n) is 5.02. The summed E-state index contributed by atoms with van der Waals surface area (Å²) in [5.74, 6) is -0.620. The molecule has 0 atom stereocenters. The number of benzene rings is 1. The van der Waals surface area contributed by atoms with Crippen LogP contribution in [0.3, 0.4) is 0 Å². The predicted molar refractivity (Wildman–Crippen MR) is 103 cm³/mol. The van der Waals surface area contributed by atoms with Gasteiger partial charge in [0.05, 0.1) is 6.54 Å². The van der Waals surface area contributed by atoms with Gasteiger partial charge in [0.25, 0.3) is 0 Å². The molecule has 1 saturated carbocycles. The van der Waals surface area contributed by atoms with E-state index in [-0.39, 0.29) is 24.4 Å². The van der Waals surface area contributed by atoms with Crippen molar-refractivity contribution in [1.82, 2.24) is 10.6 Å². The molecule has 1 aromatic rings. The molecule has 2 rings (SSSR count). The van der Waals surface area contributed by atoms with Gasteiger partial charge in [0.1, 0.15) is 12.4 Å². The first-order chi connectivity index (χ1) is 13.1. The van der Waals surface area contributed by atoms with Gasteiger partial charge in [0.15, 0.2) is 17.5 Å². The van der Waals surface area contributed by atoms with Crippen molar-refractivity contribution in [2.75, 3.05) is 32.8 Å². The van der Waals surface area contributed by atoms with Crippen molar-refractivity contribution >= 4 is 5.96 Å². The van der Waals surface area contributed by atoms with Gasteiger partial charge in [-0.05, 0) is 43.7 Å². The van der Waals surface area contributed by atoms with Crippen LogP contribution < -0.4 is 15.4 Å². The molecular formula is C20H31F2N3O2. The Labute approximate surface area is 160 Å². The number of rotatable bonds is 9. The molecule has 0 radical (unpaired) electrons. The third-order valence-corrected chi connectivity index (χ3v) is 5.02. The summed E-state index contributed by atoms with van der Waals surface area (Å²) in [6, 6.07) is 3.26. The predicted octanol–water partition coefficient (Wildman–Crippen LogP) is 3.23. The lowest BCUT2D eigenvalue weighted by atomic mass is 9.72. The standard InChI is InChI=1S/C20H31F2N3O2/c1-2-23-19(25-15-20(10-12-26)8-4-3-5-9-20)24-11-13-27-18-7-6-16(21)14-17(18)22/h6-7,14,26H,2-5,8-13,15H2,1H3,(H2,23,24,25). The highest BCUT2D eigenvalue weighted by atomic mass is 19.1. The molecule has 0 aromatic heterocycles. The lowest BCUT2D eigenvalue weighted by molar-refractivity contribution is 0.137. The molecule has 0 bridgehead atoms. The van der Waals surface area contributed by atoms with Crippen LogP contribution in [0.25, 0.3) is 0 Å². The van der Waals surface area contributed by atoms with E-state index in [4.69, 9.17) is 9.73 Å². The minimum atomic E-state index is -0.709. The molecule has 7 heteroatoms. The van der Waals surface area contributed by atoms with Gasteiger partial charge >= 0.3 is 0 Å². The monoisotopic (exact) mass is 383 g/mol. The molecule has 0 spiro atoms. The van der Waals surface area contributed by atoms with Crippen LogP contribution in [-0.4, -0.2) is 43.9 Å². The topological polar surface area (TPSA) is 65.9 Å². The van der Waals surface area contributed by atoms with Crippen molar-refractivity contribution < 1.29 is 18.6 Å². The maximum atomic E-state index is 13.6. The number of halogens is 2. The van der Waals surface area contributed by atoms with E-state index in [0.717, 1.165) is 31.9 Å². The van der Waals surface area contributed by atoms with Crippen molar-refractivity contribution in [3.05, 3.63) is 29.8 Å². The second-order valence-electron chi connectivity index (χ2n) is 7.08. The van der Waals surface area contributed by atoms with Crippen molar-refractivity contribution in [1.29, 1.82) is 0 Å². The number of aliphatic hydroxyl groups is 1. The van der Waals surface area contributed by atoms with Gasteiger partial charge in [0, 0.05) is 25.8 Å². The molecule has 5 nitrogen and oxygen atoms in total. The molecule has 152 valence electrons. The molecule has 0 aliphatic heterocycles. The second kappa shape index (κ2) is 11.1. The molecule has 1 aliphatic carbocycles. The Balaban J connectivity index is 1.85. The summed E-state index contributed by atoms with van der Waals surface area (Å²) < 4.78 is 31.8. The number of guanidine groups is 1. The lowest BCUT2D eigenvalue weighted by Gasteiger charge is -2.35. The number of hydrogen-bond donors (Lipinski definition) is 3. The molecule has 0 amide bonds. The molecule has 0 unspecified atom stereocenters. The molecule has 1 fully saturated rings. The van der Waals surface area contributed by atoms with Gasteiger partial charge in [-0.1, -0.05) is 19.3 Å². The lowest BCUT2D eigenvalue weighted by Crippen LogP contribution is -2.40. The van der Waals surface area contributed by atoms with Gasteiger partial charge < -0.3 is 20.5 Å². The Bertz CT molecular complexity index is 599. The molecule has 27 heavy (non-hydrogen) atoms. The third kappa shape index (κ3) is 6.97. The largest absolute Gasteiger partial charge is 0.489 e. The van der Waals surface area contributed by atoms with Crippen LogP contribution in [0.4, 0.5) is 8.78 Å². The average Bonchev–Trinajstić information content (AvgIpc) is 2.65. The van der Waals surface area contributed by atoms with Gasteiger partial charge in [-0.15, -0.1) is 0 Å². The van der Waals surface area contributed by atoms with Crippen LogP contribution in [0.5, 0.6) is 5.75 Å². The fourth-order valence-corrected chi connectivity index (χ4v) is 3.54. The van der Waals surface area contributed by atoms with Crippen LogP contribution in [0.15, 0.2) is 23.2 Å². The fourth-order valence-electron chi connectivity index (χ4n) is 3.54. The van der Waals surface area contributed by atoms with E-state index < -0.39 is 11.6 Å². The second-order valence-corrected chi connectivity index (χ2v) is 7.08. The SMILES string of the molecule is CCNC(=NCC1(CCO)CCCCC1)NCCOc1ccc(F)cc1F. The summed E-state index contributed by atoms with van der Waals surface area (Å²) >= 11 is 0. The molecule has 0 heterocycles. The highest BCUT2D eigenvalue weighted by Crippen LogP contribution is 2.39. The van der Waals surface area contributed by atoms with Crippen LogP contribution in [0.2, 0.25) is 0 Å². The number of nitrogens with zero attached hydrogens (tertiary/aromatic N) is 1. The molecule has 0 saturated heterocycles. The van der Waals surface area contributed by atoms with E-state index in [1.54, 1.807) is 0 Å². The van der Waals surface area contributed by atoms with Crippen LogP contribution >= 0.6 is 0 Å². The number of nitrogens with one attached hydrogen (secondary N) is 2. The van der Waals surface area contributed by atoms with Gasteiger partial charge in [-0.3, -0.25) is 4.99 Å².